The fraction of sp³-hybridized carbons (Fsp3) is 0.0645. The first-order valence-corrected chi connectivity index (χ1v) is 14.2. The summed E-state index contributed by atoms with van der Waals surface area (Å²) < 4.78 is 8.02. The highest BCUT2D eigenvalue weighted by Gasteiger charge is 2.19. The second-order valence-electron chi connectivity index (χ2n) is 9.40. The van der Waals surface area contributed by atoms with Crippen LogP contribution in [0.3, 0.4) is 0 Å². The van der Waals surface area contributed by atoms with E-state index in [4.69, 9.17) is 32.6 Å². The van der Waals surface area contributed by atoms with Gasteiger partial charge in [-0.3, -0.25) is 4.79 Å². The summed E-state index contributed by atoms with van der Waals surface area (Å²) in [7, 11) is 0. The molecule has 2 aromatic heterocycles. The molecule has 41 heavy (non-hydrogen) atoms. The Morgan fingerprint density at radius 1 is 0.902 bits per heavy atom. The molecule has 10 heteroatoms. The van der Waals surface area contributed by atoms with Gasteiger partial charge in [-0.15, -0.1) is 0 Å². The molecule has 0 unspecified atom stereocenters. The number of hydrogen-bond acceptors (Lipinski definition) is 6. The van der Waals surface area contributed by atoms with Gasteiger partial charge in [0.2, 0.25) is 0 Å². The van der Waals surface area contributed by atoms with Crippen molar-refractivity contribution in [1.29, 1.82) is 0 Å². The summed E-state index contributed by atoms with van der Waals surface area (Å²) in [6, 6.07) is 26.4. The van der Waals surface area contributed by atoms with Crippen LogP contribution in [0.5, 0.6) is 0 Å². The van der Waals surface area contributed by atoms with Gasteiger partial charge in [-0.1, -0.05) is 75.5 Å². The largest absolute Gasteiger partial charge is 0.429 e. The molecule has 2 heterocycles. The van der Waals surface area contributed by atoms with Gasteiger partial charge in [0.15, 0.2) is 5.82 Å². The average molecular weight is 647 g/mol. The zero-order valence-corrected chi connectivity index (χ0v) is 24.8. The maximum Gasteiger partial charge on any atom is 0.312 e. The molecule has 0 aliphatic rings. The Morgan fingerprint density at radius 3 is 2.49 bits per heavy atom. The van der Waals surface area contributed by atoms with Gasteiger partial charge in [0, 0.05) is 22.3 Å². The van der Waals surface area contributed by atoms with Gasteiger partial charge in [-0.2, -0.15) is 4.98 Å². The van der Waals surface area contributed by atoms with E-state index in [2.05, 4.69) is 31.5 Å². The first-order valence-electron chi connectivity index (χ1n) is 12.7. The normalized spacial score (nSPS) is 11.1. The minimum absolute atomic E-state index is 0.106. The van der Waals surface area contributed by atoms with E-state index in [1.165, 1.54) is 10.8 Å². The van der Waals surface area contributed by atoms with Crippen molar-refractivity contribution >= 4 is 72.9 Å². The van der Waals surface area contributed by atoms with Crippen LogP contribution in [-0.2, 0) is 6.42 Å². The standard InChI is InChI=1S/C31H22BrCl2N5O2/c1-18-6-4-8-21(14-18)35-27-17-41-31(38-27)39-28(36-26-13-12-20(32)16-22(26)30(39)40)15-19-7-2-3-11-25(19)37-29-23(33)9-5-10-24(29)34/h2-14,16-17,35,37H,15H2,1H3. The number of anilines is 4. The molecule has 6 aromatic rings. The third-order valence-electron chi connectivity index (χ3n) is 6.46. The van der Waals surface area contributed by atoms with Crippen LogP contribution >= 0.6 is 39.1 Å². The lowest BCUT2D eigenvalue weighted by Crippen LogP contribution is -2.24. The van der Waals surface area contributed by atoms with Crippen molar-refractivity contribution in [3.05, 3.63) is 133 Å². The highest BCUT2D eigenvalue weighted by atomic mass is 79.9. The van der Waals surface area contributed by atoms with Crippen LogP contribution in [0.1, 0.15) is 17.0 Å². The van der Waals surface area contributed by atoms with E-state index in [1.807, 2.05) is 67.6 Å². The van der Waals surface area contributed by atoms with E-state index < -0.39 is 0 Å². The molecular formula is C31H22BrCl2N5O2. The smallest absolute Gasteiger partial charge is 0.312 e. The van der Waals surface area contributed by atoms with Gasteiger partial charge < -0.3 is 15.1 Å². The third kappa shape index (κ3) is 5.72. The number of aryl methyl sites for hydroxylation is 1. The topological polar surface area (TPSA) is 85.0 Å². The molecule has 204 valence electrons. The van der Waals surface area contributed by atoms with E-state index in [0.29, 0.717) is 38.3 Å². The van der Waals surface area contributed by atoms with Gasteiger partial charge in [0.05, 0.1) is 26.6 Å². The highest BCUT2D eigenvalue weighted by Crippen LogP contribution is 2.34. The van der Waals surface area contributed by atoms with Gasteiger partial charge >= 0.3 is 6.01 Å². The van der Waals surface area contributed by atoms with E-state index in [0.717, 1.165) is 27.0 Å². The van der Waals surface area contributed by atoms with E-state index in [9.17, 15) is 4.79 Å². The maximum absolute atomic E-state index is 13.9. The number of para-hydroxylation sites is 2. The molecule has 0 spiro atoms. The Morgan fingerprint density at radius 2 is 1.68 bits per heavy atom. The quantitative estimate of drug-likeness (QED) is 0.180. The summed E-state index contributed by atoms with van der Waals surface area (Å²) in [5.74, 6) is 0.918. The van der Waals surface area contributed by atoms with Crippen LogP contribution in [0, 0.1) is 6.92 Å². The van der Waals surface area contributed by atoms with E-state index in [1.54, 1.807) is 24.3 Å². The second kappa shape index (κ2) is 11.4. The molecule has 7 nitrogen and oxygen atoms in total. The third-order valence-corrected chi connectivity index (χ3v) is 7.59. The Kier molecular flexibility index (Phi) is 7.53. The summed E-state index contributed by atoms with van der Waals surface area (Å²) in [5.41, 5.74) is 4.46. The zero-order chi connectivity index (χ0) is 28.5. The monoisotopic (exact) mass is 645 g/mol. The number of nitrogens with zero attached hydrogens (tertiary/aromatic N) is 3. The molecule has 0 saturated carbocycles. The molecule has 0 aliphatic carbocycles. The first-order chi connectivity index (χ1) is 19.9. The van der Waals surface area contributed by atoms with E-state index in [-0.39, 0.29) is 18.0 Å². The van der Waals surface area contributed by atoms with Crippen LogP contribution in [0.2, 0.25) is 10.0 Å². The summed E-state index contributed by atoms with van der Waals surface area (Å²) in [4.78, 5) is 23.4. The fourth-order valence-electron chi connectivity index (χ4n) is 4.53. The SMILES string of the molecule is Cc1cccc(Nc2coc(-n3c(Cc4ccccc4Nc4c(Cl)cccc4Cl)nc4ccc(Br)cc4c3=O)n2)c1. The molecule has 0 saturated heterocycles. The van der Waals surface area contributed by atoms with Crippen LogP contribution in [0.25, 0.3) is 16.9 Å². The number of hydrogen-bond donors (Lipinski definition) is 2. The Balaban J connectivity index is 1.44. The van der Waals surface area contributed by atoms with Crippen LogP contribution in [0.4, 0.5) is 22.9 Å². The molecular weight excluding hydrogens is 625 g/mol. The number of halogens is 3. The maximum atomic E-state index is 13.9. The number of rotatable bonds is 7. The lowest BCUT2D eigenvalue weighted by Gasteiger charge is -2.16. The predicted molar refractivity (Wildman–Crippen MR) is 169 cm³/mol. The Hall–Kier alpha value is -4.11. The lowest BCUT2D eigenvalue weighted by atomic mass is 10.1. The Bertz CT molecular complexity index is 1950. The van der Waals surface area contributed by atoms with Crippen molar-refractivity contribution in [2.24, 2.45) is 0 Å². The number of nitrogens with one attached hydrogen (secondary N) is 2. The van der Waals surface area contributed by atoms with Gasteiger partial charge in [-0.25, -0.2) is 9.55 Å². The molecule has 0 fully saturated rings. The minimum Gasteiger partial charge on any atom is -0.429 e. The predicted octanol–water partition coefficient (Wildman–Crippen LogP) is 8.83. The molecule has 6 rings (SSSR count). The fourth-order valence-corrected chi connectivity index (χ4v) is 5.39. The average Bonchev–Trinajstić information content (AvgIpc) is 3.40. The van der Waals surface area contributed by atoms with Crippen molar-refractivity contribution in [1.82, 2.24) is 14.5 Å². The van der Waals surface area contributed by atoms with Crippen molar-refractivity contribution in [3.63, 3.8) is 0 Å². The van der Waals surface area contributed by atoms with Crippen LogP contribution < -0.4 is 16.2 Å². The number of fused-ring (bicyclic) bond motifs is 1. The zero-order valence-electron chi connectivity index (χ0n) is 21.7. The summed E-state index contributed by atoms with van der Waals surface area (Å²) in [6.45, 7) is 2.01. The number of aromatic nitrogens is 3. The first kappa shape index (κ1) is 27.1. The second-order valence-corrected chi connectivity index (χ2v) is 11.1. The van der Waals surface area contributed by atoms with Crippen molar-refractivity contribution < 1.29 is 4.42 Å². The number of benzene rings is 4. The lowest BCUT2D eigenvalue weighted by molar-refractivity contribution is 0.515. The van der Waals surface area contributed by atoms with Gasteiger partial charge in [0.25, 0.3) is 5.56 Å². The molecule has 0 radical (unpaired) electrons. The summed E-state index contributed by atoms with van der Waals surface area (Å²) >= 11 is 16.3. The van der Waals surface area contributed by atoms with Crippen LogP contribution in [-0.4, -0.2) is 14.5 Å². The van der Waals surface area contributed by atoms with Crippen LogP contribution in [0.15, 0.2) is 105 Å². The molecule has 4 aromatic carbocycles. The molecule has 2 N–H and O–H groups in total. The Labute approximate surface area is 253 Å². The molecule has 0 amide bonds. The van der Waals surface area contributed by atoms with E-state index >= 15 is 0 Å². The molecule has 0 aliphatic heterocycles. The minimum atomic E-state index is -0.296. The summed E-state index contributed by atoms with van der Waals surface area (Å²) in [5, 5.41) is 8.00. The molecule has 0 bridgehead atoms. The molecule has 0 atom stereocenters. The van der Waals surface area contributed by atoms with Gasteiger partial charge in [-0.05, 0) is 66.6 Å². The van der Waals surface area contributed by atoms with Crippen molar-refractivity contribution in [2.75, 3.05) is 10.6 Å². The summed E-state index contributed by atoms with van der Waals surface area (Å²) in [6.07, 6.45) is 1.77. The van der Waals surface area contributed by atoms with Crippen molar-refractivity contribution in [3.8, 4) is 6.01 Å². The number of oxazole rings is 1. The van der Waals surface area contributed by atoms with Gasteiger partial charge in [0.1, 0.15) is 12.1 Å². The highest BCUT2D eigenvalue weighted by molar-refractivity contribution is 9.10. The van der Waals surface area contributed by atoms with Crippen molar-refractivity contribution in [2.45, 2.75) is 13.3 Å².